The Morgan fingerprint density at radius 1 is 0.950 bits per heavy atom. The van der Waals surface area contributed by atoms with E-state index in [9.17, 15) is 4.79 Å². The molecule has 0 spiro atoms. The van der Waals surface area contributed by atoms with Crippen molar-refractivity contribution >= 4 is 5.97 Å². The first-order valence-electron chi connectivity index (χ1n) is 6.59. The predicted octanol–water partition coefficient (Wildman–Crippen LogP) is 3.54. The number of esters is 1. The molecule has 2 aromatic rings. The molecule has 0 N–H and O–H groups in total. The van der Waals surface area contributed by atoms with Crippen molar-refractivity contribution in [2.24, 2.45) is 0 Å². The highest BCUT2D eigenvalue weighted by atomic mass is 16.6. The van der Waals surface area contributed by atoms with Gasteiger partial charge in [0, 0.05) is 0 Å². The SMILES string of the molecule is Cc1ccc(C(=O)OCCOc2ccccc2)cc1C. The minimum absolute atomic E-state index is 0.237. The molecule has 0 amide bonds. The van der Waals surface area contributed by atoms with Gasteiger partial charge in [-0.1, -0.05) is 24.3 Å². The molecule has 0 saturated heterocycles. The van der Waals surface area contributed by atoms with E-state index >= 15 is 0 Å². The quantitative estimate of drug-likeness (QED) is 0.616. The topological polar surface area (TPSA) is 35.5 Å². The largest absolute Gasteiger partial charge is 0.490 e. The number of rotatable bonds is 5. The van der Waals surface area contributed by atoms with Crippen LogP contribution in [0.25, 0.3) is 0 Å². The van der Waals surface area contributed by atoms with Crippen molar-refractivity contribution in [3.05, 3.63) is 65.2 Å². The summed E-state index contributed by atoms with van der Waals surface area (Å²) >= 11 is 0. The van der Waals surface area contributed by atoms with Gasteiger partial charge in [-0.25, -0.2) is 4.79 Å². The van der Waals surface area contributed by atoms with Crippen LogP contribution in [0.4, 0.5) is 0 Å². The Labute approximate surface area is 119 Å². The molecule has 3 heteroatoms. The summed E-state index contributed by atoms with van der Waals surface area (Å²) in [7, 11) is 0. The van der Waals surface area contributed by atoms with Crippen LogP contribution in [-0.2, 0) is 4.74 Å². The lowest BCUT2D eigenvalue weighted by atomic mass is 10.1. The first-order valence-corrected chi connectivity index (χ1v) is 6.59. The van der Waals surface area contributed by atoms with Crippen molar-refractivity contribution in [1.29, 1.82) is 0 Å². The van der Waals surface area contributed by atoms with Crippen LogP contribution >= 0.6 is 0 Å². The van der Waals surface area contributed by atoms with Crippen LogP contribution in [0.1, 0.15) is 21.5 Å². The van der Waals surface area contributed by atoms with Crippen LogP contribution in [0.15, 0.2) is 48.5 Å². The molecule has 3 nitrogen and oxygen atoms in total. The lowest BCUT2D eigenvalue weighted by Gasteiger charge is -2.08. The number of carbonyl (C=O) groups excluding carboxylic acids is 1. The van der Waals surface area contributed by atoms with Gasteiger partial charge in [0.1, 0.15) is 19.0 Å². The Balaban J connectivity index is 1.79. The number of carbonyl (C=O) groups is 1. The Morgan fingerprint density at radius 3 is 2.40 bits per heavy atom. The zero-order valence-electron chi connectivity index (χ0n) is 11.8. The molecule has 0 bridgehead atoms. The summed E-state index contributed by atoms with van der Waals surface area (Å²) in [5, 5.41) is 0. The summed E-state index contributed by atoms with van der Waals surface area (Å²) in [5.41, 5.74) is 2.82. The van der Waals surface area contributed by atoms with Crippen LogP contribution in [0.3, 0.4) is 0 Å². The summed E-state index contributed by atoms with van der Waals surface area (Å²) in [6, 6.07) is 15.0. The van der Waals surface area contributed by atoms with Crippen LogP contribution in [-0.4, -0.2) is 19.2 Å². The predicted molar refractivity (Wildman–Crippen MR) is 78.1 cm³/mol. The number of para-hydroxylation sites is 1. The molecule has 20 heavy (non-hydrogen) atoms. The lowest BCUT2D eigenvalue weighted by Crippen LogP contribution is -2.12. The summed E-state index contributed by atoms with van der Waals surface area (Å²) < 4.78 is 10.6. The third-order valence-corrected chi connectivity index (χ3v) is 3.07. The second-order valence-corrected chi connectivity index (χ2v) is 4.60. The number of ether oxygens (including phenoxy) is 2. The van der Waals surface area contributed by atoms with E-state index < -0.39 is 0 Å². The molecule has 0 unspecified atom stereocenters. The van der Waals surface area contributed by atoms with Gasteiger partial charge in [0.2, 0.25) is 0 Å². The molecule has 2 aromatic carbocycles. The van der Waals surface area contributed by atoms with Gasteiger partial charge in [-0.2, -0.15) is 0 Å². The normalized spacial score (nSPS) is 10.1. The van der Waals surface area contributed by atoms with Crippen molar-refractivity contribution in [3.63, 3.8) is 0 Å². The zero-order valence-corrected chi connectivity index (χ0v) is 11.8. The summed E-state index contributed by atoms with van der Waals surface area (Å²) in [6.45, 7) is 4.57. The highest BCUT2D eigenvalue weighted by Crippen LogP contribution is 2.11. The Hall–Kier alpha value is -2.29. The van der Waals surface area contributed by atoms with E-state index in [1.807, 2.05) is 56.3 Å². The standard InChI is InChI=1S/C17H18O3/c1-13-8-9-15(12-14(13)2)17(18)20-11-10-19-16-6-4-3-5-7-16/h3-9,12H,10-11H2,1-2H3. The van der Waals surface area contributed by atoms with Crippen LogP contribution in [0.2, 0.25) is 0 Å². The fraction of sp³-hybridized carbons (Fsp3) is 0.235. The van der Waals surface area contributed by atoms with Crippen molar-refractivity contribution in [3.8, 4) is 5.75 Å². The van der Waals surface area contributed by atoms with Gasteiger partial charge in [-0.3, -0.25) is 0 Å². The molecule has 0 aliphatic rings. The van der Waals surface area contributed by atoms with E-state index in [-0.39, 0.29) is 12.6 Å². The molecular weight excluding hydrogens is 252 g/mol. The second kappa shape index (κ2) is 6.75. The minimum Gasteiger partial charge on any atom is -0.490 e. The average Bonchev–Trinajstić information content (AvgIpc) is 2.47. The Morgan fingerprint density at radius 2 is 1.70 bits per heavy atom. The molecule has 0 radical (unpaired) electrons. The van der Waals surface area contributed by atoms with Gasteiger partial charge in [0.05, 0.1) is 5.56 Å². The highest BCUT2D eigenvalue weighted by Gasteiger charge is 2.07. The molecule has 104 valence electrons. The van der Waals surface area contributed by atoms with Crippen LogP contribution in [0, 0.1) is 13.8 Å². The van der Waals surface area contributed by atoms with Gasteiger partial charge in [-0.05, 0) is 49.2 Å². The summed E-state index contributed by atoms with van der Waals surface area (Å²) in [6.07, 6.45) is 0. The van der Waals surface area contributed by atoms with Crippen molar-refractivity contribution in [2.75, 3.05) is 13.2 Å². The molecule has 0 atom stereocenters. The van der Waals surface area contributed by atoms with Crippen molar-refractivity contribution in [1.82, 2.24) is 0 Å². The first-order chi connectivity index (χ1) is 9.66. The molecule has 0 heterocycles. The second-order valence-electron chi connectivity index (χ2n) is 4.60. The number of hydrogen-bond donors (Lipinski definition) is 0. The maximum atomic E-state index is 11.8. The van der Waals surface area contributed by atoms with Gasteiger partial charge in [0.25, 0.3) is 0 Å². The smallest absolute Gasteiger partial charge is 0.338 e. The maximum absolute atomic E-state index is 11.8. The highest BCUT2D eigenvalue weighted by molar-refractivity contribution is 5.89. The molecule has 0 aliphatic carbocycles. The van der Waals surface area contributed by atoms with Gasteiger partial charge in [-0.15, -0.1) is 0 Å². The zero-order chi connectivity index (χ0) is 14.4. The Bertz CT molecular complexity index is 576. The number of aryl methyl sites for hydroxylation is 2. The Kier molecular flexibility index (Phi) is 4.77. The monoisotopic (exact) mass is 270 g/mol. The van der Waals surface area contributed by atoms with Crippen LogP contribution in [0.5, 0.6) is 5.75 Å². The molecular formula is C17H18O3. The van der Waals surface area contributed by atoms with E-state index in [1.54, 1.807) is 6.07 Å². The molecule has 0 aromatic heterocycles. The third-order valence-electron chi connectivity index (χ3n) is 3.07. The van der Waals surface area contributed by atoms with Crippen molar-refractivity contribution < 1.29 is 14.3 Å². The molecule has 0 aliphatic heterocycles. The van der Waals surface area contributed by atoms with E-state index in [0.29, 0.717) is 12.2 Å². The summed E-state index contributed by atoms with van der Waals surface area (Å²) in [4.78, 5) is 11.8. The minimum atomic E-state index is -0.315. The van der Waals surface area contributed by atoms with Crippen LogP contribution < -0.4 is 4.74 Å². The number of benzene rings is 2. The molecule has 0 saturated carbocycles. The average molecular weight is 270 g/mol. The maximum Gasteiger partial charge on any atom is 0.338 e. The molecule has 0 fully saturated rings. The van der Waals surface area contributed by atoms with Crippen molar-refractivity contribution in [2.45, 2.75) is 13.8 Å². The first kappa shape index (κ1) is 14.1. The van der Waals surface area contributed by atoms with E-state index in [4.69, 9.17) is 9.47 Å². The summed E-state index contributed by atoms with van der Waals surface area (Å²) in [5.74, 6) is 0.458. The third kappa shape index (κ3) is 3.85. The van der Waals surface area contributed by atoms with E-state index in [2.05, 4.69) is 0 Å². The fourth-order valence-electron chi connectivity index (χ4n) is 1.76. The van der Waals surface area contributed by atoms with Gasteiger partial charge < -0.3 is 9.47 Å². The lowest BCUT2D eigenvalue weighted by molar-refractivity contribution is 0.0450. The van der Waals surface area contributed by atoms with Gasteiger partial charge in [0.15, 0.2) is 0 Å². The number of hydrogen-bond acceptors (Lipinski definition) is 3. The van der Waals surface area contributed by atoms with E-state index in [1.165, 1.54) is 0 Å². The van der Waals surface area contributed by atoms with Gasteiger partial charge >= 0.3 is 5.97 Å². The molecule has 2 rings (SSSR count). The fourth-order valence-corrected chi connectivity index (χ4v) is 1.76. The van der Waals surface area contributed by atoms with E-state index in [0.717, 1.165) is 16.9 Å².